The van der Waals surface area contributed by atoms with Crippen LogP contribution in [0.1, 0.15) is 11.1 Å². The molecule has 4 aromatic rings. The predicted molar refractivity (Wildman–Crippen MR) is 102 cm³/mol. The molecule has 5 rings (SSSR count). The van der Waals surface area contributed by atoms with E-state index in [9.17, 15) is 0 Å². The maximum atomic E-state index is 6.42. The number of nitrogens with two attached hydrogens (primary N) is 1. The summed E-state index contributed by atoms with van der Waals surface area (Å²) in [5.74, 6) is 0. The van der Waals surface area contributed by atoms with Gasteiger partial charge >= 0.3 is 0 Å². The third-order valence-corrected chi connectivity index (χ3v) is 5.06. The van der Waals surface area contributed by atoms with Crippen molar-refractivity contribution in [3.05, 3.63) is 90.0 Å². The first-order chi connectivity index (χ1) is 11.8. The SMILES string of the molecule is Nc1cc2ccccc2cc1-c1cccc2c1Cc1ccccc1-2. The van der Waals surface area contributed by atoms with Crippen molar-refractivity contribution in [3.63, 3.8) is 0 Å². The largest absolute Gasteiger partial charge is 0.398 e. The fourth-order valence-corrected chi connectivity index (χ4v) is 3.90. The molecule has 0 atom stereocenters. The van der Waals surface area contributed by atoms with E-state index in [-0.39, 0.29) is 0 Å². The standard InChI is InChI=1S/C23H17N/c24-23-14-16-7-2-1-6-15(16)12-22(23)20-11-5-10-19-18-9-4-3-8-17(18)13-21(19)20/h1-12,14H,13,24H2. The van der Waals surface area contributed by atoms with Crippen LogP contribution in [0.15, 0.2) is 78.9 Å². The Morgan fingerprint density at radius 2 is 1.21 bits per heavy atom. The molecule has 0 fully saturated rings. The van der Waals surface area contributed by atoms with E-state index in [0.29, 0.717) is 0 Å². The highest BCUT2D eigenvalue weighted by Gasteiger charge is 2.21. The molecule has 0 aliphatic heterocycles. The lowest BCUT2D eigenvalue weighted by molar-refractivity contribution is 1.26. The Balaban J connectivity index is 1.76. The molecule has 0 radical (unpaired) electrons. The van der Waals surface area contributed by atoms with Crippen LogP contribution in [0.25, 0.3) is 33.0 Å². The molecule has 114 valence electrons. The van der Waals surface area contributed by atoms with Crippen LogP contribution in [0.3, 0.4) is 0 Å². The topological polar surface area (TPSA) is 26.0 Å². The van der Waals surface area contributed by atoms with Gasteiger partial charge in [-0.25, -0.2) is 0 Å². The third-order valence-electron chi connectivity index (χ3n) is 5.06. The molecule has 4 aromatic carbocycles. The van der Waals surface area contributed by atoms with Crippen LogP contribution >= 0.6 is 0 Å². The molecule has 0 unspecified atom stereocenters. The van der Waals surface area contributed by atoms with Gasteiger partial charge in [-0.1, -0.05) is 66.7 Å². The van der Waals surface area contributed by atoms with Gasteiger partial charge in [-0.2, -0.15) is 0 Å². The van der Waals surface area contributed by atoms with E-state index in [1.807, 2.05) is 0 Å². The van der Waals surface area contributed by atoms with Crippen molar-refractivity contribution < 1.29 is 0 Å². The van der Waals surface area contributed by atoms with E-state index in [1.165, 1.54) is 38.6 Å². The molecule has 24 heavy (non-hydrogen) atoms. The Labute approximate surface area is 141 Å². The summed E-state index contributed by atoms with van der Waals surface area (Å²) in [6.07, 6.45) is 0.980. The summed E-state index contributed by atoms with van der Waals surface area (Å²) in [5, 5.41) is 2.42. The highest BCUT2D eigenvalue weighted by Crippen LogP contribution is 2.43. The average molecular weight is 307 g/mol. The first-order valence-corrected chi connectivity index (χ1v) is 8.30. The van der Waals surface area contributed by atoms with Crippen molar-refractivity contribution in [1.29, 1.82) is 0 Å². The Morgan fingerprint density at radius 1 is 0.583 bits per heavy atom. The second-order valence-corrected chi connectivity index (χ2v) is 6.45. The molecule has 0 aromatic heterocycles. The van der Waals surface area contributed by atoms with Crippen molar-refractivity contribution >= 4 is 16.5 Å². The van der Waals surface area contributed by atoms with Crippen LogP contribution in [0.2, 0.25) is 0 Å². The molecule has 1 aliphatic rings. The van der Waals surface area contributed by atoms with E-state index < -0.39 is 0 Å². The van der Waals surface area contributed by atoms with Crippen LogP contribution in [-0.4, -0.2) is 0 Å². The highest BCUT2D eigenvalue weighted by molar-refractivity contribution is 5.96. The Bertz CT molecular complexity index is 1090. The monoisotopic (exact) mass is 307 g/mol. The van der Waals surface area contributed by atoms with Gasteiger partial charge < -0.3 is 5.73 Å². The highest BCUT2D eigenvalue weighted by atomic mass is 14.6. The van der Waals surface area contributed by atoms with Gasteiger partial charge in [0.25, 0.3) is 0 Å². The van der Waals surface area contributed by atoms with Crippen molar-refractivity contribution in [2.45, 2.75) is 6.42 Å². The van der Waals surface area contributed by atoms with E-state index >= 15 is 0 Å². The summed E-state index contributed by atoms with van der Waals surface area (Å²) in [7, 11) is 0. The fraction of sp³-hybridized carbons (Fsp3) is 0.0435. The number of hydrogen-bond acceptors (Lipinski definition) is 1. The van der Waals surface area contributed by atoms with Gasteiger partial charge in [0.15, 0.2) is 0 Å². The summed E-state index contributed by atoms with van der Waals surface area (Å²) < 4.78 is 0. The molecule has 0 bridgehead atoms. The lowest BCUT2D eigenvalue weighted by atomic mass is 9.93. The summed E-state index contributed by atoms with van der Waals surface area (Å²) in [6.45, 7) is 0. The first-order valence-electron chi connectivity index (χ1n) is 8.30. The molecule has 0 saturated carbocycles. The van der Waals surface area contributed by atoms with Gasteiger partial charge in [-0.3, -0.25) is 0 Å². The molecule has 2 N–H and O–H groups in total. The molecular formula is C23H17N. The first kappa shape index (κ1) is 13.4. The zero-order valence-corrected chi connectivity index (χ0v) is 13.3. The van der Waals surface area contributed by atoms with Crippen molar-refractivity contribution in [2.24, 2.45) is 0 Å². The van der Waals surface area contributed by atoms with E-state index in [2.05, 4.69) is 78.9 Å². The number of benzene rings is 4. The minimum Gasteiger partial charge on any atom is -0.398 e. The molecule has 0 amide bonds. The summed E-state index contributed by atoms with van der Waals surface area (Å²) >= 11 is 0. The molecule has 1 heteroatoms. The minimum absolute atomic E-state index is 0.845. The third kappa shape index (κ3) is 1.88. The van der Waals surface area contributed by atoms with Gasteiger partial charge in [-0.05, 0) is 57.1 Å². The minimum atomic E-state index is 0.845. The second-order valence-electron chi connectivity index (χ2n) is 6.45. The van der Waals surface area contributed by atoms with E-state index in [1.54, 1.807) is 0 Å². The smallest absolute Gasteiger partial charge is 0.0400 e. The Hall–Kier alpha value is -3.06. The van der Waals surface area contributed by atoms with E-state index in [0.717, 1.165) is 17.7 Å². The van der Waals surface area contributed by atoms with Gasteiger partial charge in [0, 0.05) is 11.3 Å². The predicted octanol–water partition coefficient (Wildman–Crippen LogP) is 5.66. The van der Waals surface area contributed by atoms with Crippen LogP contribution in [0.5, 0.6) is 0 Å². The number of fused-ring (bicyclic) bond motifs is 4. The van der Waals surface area contributed by atoms with Crippen LogP contribution < -0.4 is 5.73 Å². The molecule has 1 aliphatic carbocycles. The zero-order chi connectivity index (χ0) is 16.1. The van der Waals surface area contributed by atoms with Gasteiger partial charge in [0.05, 0.1) is 0 Å². The van der Waals surface area contributed by atoms with E-state index in [4.69, 9.17) is 5.73 Å². The van der Waals surface area contributed by atoms with Crippen molar-refractivity contribution in [3.8, 4) is 22.3 Å². The number of nitrogen functional groups attached to an aromatic ring is 1. The Kier molecular flexibility index (Phi) is 2.77. The maximum Gasteiger partial charge on any atom is 0.0400 e. The zero-order valence-electron chi connectivity index (χ0n) is 13.3. The van der Waals surface area contributed by atoms with Gasteiger partial charge in [0.2, 0.25) is 0 Å². The van der Waals surface area contributed by atoms with Crippen LogP contribution in [0, 0.1) is 0 Å². The van der Waals surface area contributed by atoms with Gasteiger partial charge in [-0.15, -0.1) is 0 Å². The number of hydrogen-bond donors (Lipinski definition) is 1. The molecule has 0 spiro atoms. The summed E-state index contributed by atoms with van der Waals surface area (Å²) in [4.78, 5) is 0. The maximum absolute atomic E-state index is 6.42. The van der Waals surface area contributed by atoms with Crippen molar-refractivity contribution in [1.82, 2.24) is 0 Å². The molecule has 1 nitrogen and oxygen atoms in total. The van der Waals surface area contributed by atoms with Crippen LogP contribution in [-0.2, 0) is 6.42 Å². The normalized spacial score (nSPS) is 12.2. The molecule has 0 heterocycles. The summed E-state index contributed by atoms with van der Waals surface area (Å²) in [6, 6.07) is 28.0. The van der Waals surface area contributed by atoms with Crippen LogP contribution in [0.4, 0.5) is 5.69 Å². The average Bonchev–Trinajstić information content (AvgIpc) is 3.00. The second kappa shape index (κ2) is 4.97. The summed E-state index contributed by atoms with van der Waals surface area (Å²) in [5.41, 5.74) is 15.1. The molecular weight excluding hydrogens is 290 g/mol. The lowest BCUT2D eigenvalue weighted by Crippen LogP contribution is -1.94. The lowest BCUT2D eigenvalue weighted by Gasteiger charge is -2.13. The number of anilines is 1. The number of rotatable bonds is 1. The fourth-order valence-electron chi connectivity index (χ4n) is 3.90. The Morgan fingerprint density at radius 3 is 2.04 bits per heavy atom. The quantitative estimate of drug-likeness (QED) is 0.397. The molecule has 0 saturated heterocycles. The van der Waals surface area contributed by atoms with Crippen molar-refractivity contribution in [2.75, 3.05) is 5.73 Å². The van der Waals surface area contributed by atoms with Gasteiger partial charge in [0.1, 0.15) is 0 Å².